The van der Waals surface area contributed by atoms with Crippen molar-refractivity contribution in [2.75, 3.05) is 12.4 Å². The topological polar surface area (TPSA) is 24.9 Å². The number of pyridine rings is 1. The van der Waals surface area contributed by atoms with Gasteiger partial charge < -0.3 is 5.32 Å². The van der Waals surface area contributed by atoms with Gasteiger partial charge in [0.05, 0.1) is 16.9 Å². The van der Waals surface area contributed by atoms with Crippen molar-refractivity contribution in [2.45, 2.75) is 45.7 Å². The molecule has 0 unspecified atom stereocenters. The summed E-state index contributed by atoms with van der Waals surface area (Å²) in [5.74, 6) is -0.735. The number of nitrogens with one attached hydrogen (secondary N) is 1. The molecule has 1 aromatic carbocycles. The molecule has 2 rings (SSSR count). The van der Waals surface area contributed by atoms with Crippen LogP contribution >= 0.6 is 0 Å². The van der Waals surface area contributed by atoms with Crippen LogP contribution in [0, 0.1) is 5.82 Å². The molecule has 0 aliphatic rings. The Morgan fingerprint density at radius 1 is 1.04 bits per heavy atom. The third kappa shape index (κ3) is 3.78. The molecule has 0 radical (unpaired) electrons. The summed E-state index contributed by atoms with van der Waals surface area (Å²) in [6.45, 7) is 7.53. The van der Waals surface area contributed by atoms with E-state index in [2.05, 4.69) is 10.3 Å². The predicted octanol–water partition coefficient (Wildman–Crippen LogP) is 6.20. The highest BCUT2D eigenvalue weighted by Gasteiger charge is 2.31. The number of alkyl halides is 3. The van der Waals surface area contributed by atoms with Crippen molar-refractivity contribution < 1.29 is 17.6 Å². The van der Waals surface area contributed by atoms with E-state index in [0.717, 1.165) is 12.1 Å². The summed E-state index contributed by atoms with van der Waals surface area (Å²) in [7, 11) is 1.69. The summed E-state index contributed by atoms with van der Waals surface area (Å²) in [5.41, 5.74) is 0.948. The number of hydrogen-bond donors (Lipinski definition) is 1. The molecule has 0 spiro atoms. The van der Waals surface area contributed by atoms with Gasteiger partial charge in [-0.3, -0.25) is 0 Å². The standard InChI is InChI=1S/C19H22F4N2/c1-10(2)14-15(20)17(25-16(11(3)4)18(14)24-5)12-7-6-8-13(9-12)19(21,22)23/h6-11,24H,1-5H3. The fourth-order valence-corrected chi connectivity index (χ4v) is 2.86. The first-order chi connectivity index (χ1) is 11.6. The lowest BCUT2D eigenvalue weighted by Crippen LogP contribution is -2.11. The number of anilines is 1. The highest BCUT2D eigenvalue weighted by molar-refractivity contribution is 5.69. The van der Waals surface area contributed by atoms with E-state index in [1.54, 1.807) is 7.05 Å². The Bertz CT molecular complexity index is 765. The fourth-order valence-electron chi connectivity index (χ4n) is 2.86. The molecule has 0 saturated heterocycles. The molecule has 6 heteroatoms. The van der Waals surface area contributed by atoms with E-state index in [-0.39, 0.29) is 23.1 Å². The molecule has 0 atom stereocenters. The molecule has 1 N–H and O–H groups in total. The zero-order chi connectivity index (χ0) is 18.9. The molecule has 136 valence electrons. The molecule has 2 nitrogen and oxygen atoms in total. The molecule has 1 heterocycles. The number of aromatic nitrogens is 1. The van der Waals surface area contributed by atoms with E-state index in [0.29, 0.717) is 16.9 Å². The van der Waals surface area contributed by atoms with Gasteiger partial charge in [0.15, 0.2) is 5.82 Å². The summed E-state index contributed by atoms with van der Waals surface area (Å²) in [5, 5.41) is 3.00. The van der Waals surface area contributed by atoms with E-state index in [4.69, 9.17) is 0 Å². The van der Waals surface area contributed by atoms with Crippen molar-refractivity contribution in [3.05, 3.63) is 46.9 Å². The lowest BCUT2D eigenvalue weighted by atomic mass is 9.93. The van der Waals surface area contributed by atoms with Crippen LogP contribution in [0.15, 0.2) is 24.3 Å². The monoisotopic (exact) mass is 354 g/mol. The third-order valence-corrected chi connectivity index (χ3v) is 4.04. The highest BCUT2D eigenvalue weighted by Crippen LogP contribution is 2.38. The zero-order valence-electron chi connectivity index (χ0n) is 14.9. The molecule has 0 saturated carbocycles. The molecular formula is C19H22F4N2. The predicted molar refractivity (Wildman–Crippen MR) is 92.4 cm³/mol. The summed E-state index contributed by atoms with van der Waals surface area (Å²) >= 11 is 0. The van der Waals surface area contributed by atoms with Crippen LogP contribution < -0.4 is 5.32 Å². The number of rotatable bonds is 4. The van der Waals surface area contributed by atoms with Crippen LogP contribution in [0.25, 0.3) is 11.3 Å². The zero-order valence-corrected chi connectivity index (χ0v) is 14.9. The SMILES string of the molecule is CNc1c(C(C)C)nc(-c2cccc(C(F)(F)F)c2)c(F)c1C(C)C. The second-order valence-electron chi connectivity index (χ2n) is 6.59. The molecule has 0 aliphatic heterocycles. The summed E-state index contributed by atoms with van der Waals surface area (Å²) < 4.78 is 54.1. The second kappa shape index (κ2) is 7.02. The van der Waals surface area contributed by atoms with Crippen LogP contribution in [0.2, 0.25) is 0 Å². The Hall–Kier alpha value is -2.11. The first-order valence-electron chi connectivity index (χ1n) is 8.16. The summed E-state index contributed by atoms with van der Waals surface area (Å²) in [4.78, 5) is 4.37. The van der Waals surface area contributed by atoms with Crippen molar-refractivity contribution in [1.29, 1.82) is 0 Å². The second-order valence-corrected chi connectivity index (χ2v) is 6.59. The van der Waals surface area contributed by atoms with Crippen LogP contribution in [0.4, 0.5) is 23.2 Å². The largest absolute Gasteiger partial charge is 0.416 e. The average Bonchev–Trinajstić information content (AvgIpc) is 2.52. The summed E-state index contributed by atoms with van der Waals surface area (Å²) in [6, 6.07) is 4.64. The molecular weight excluding hydrogens is 332 g/mol. The number of benzene rings is 1. The minimum atomic E-state index is -4.49. The number of halogens is 4. The van der Waals surface area contributed by atoms with Crippen molar-refractivity contribution in [2.24, 2.45) is 0 Å². The smallest absolute Gasteiger partial charge is 0.386 e. The average molecular weight is 354 g/mol. The molecule has 0 aliphatic carbocycles. The van der Waals surface area contributed by atoms with E-state index < -0.39 is 17.6 Å². The van der Waals surface area contributed by atoms with Crippen molar-refractivity contribution in [3.63, 3.8) is 0 Å². The van der Waals surface area contributed by atoms with Crippen LogP contribution in [0.1, 0.15) is 56.4 Å². The summed E-state index contributed by atoms with van der Waals surface area (Å²) in [6.07, 6.45) is -4.49. The number of hydrogen-bond acceptors (Lipinski definition) is 2. The van der Waals surface area contributed by atoms with E-state index in [1.807, 2.05) is 27.7 Å². The molecule has 1 aromatic heterocycles. The minimum absolute atomic E-state index is 0.00917. The maximum atomic E-state index is 15.1. The Kier molecular flexibility index (Phi) is 5.40. The maximum Gasteiger partial charge on any atom is 0.416 e. The molecule has 0 bridgehead atoms. The van der Waals surface area contributed by atoms with Crippen molar-refractivity contribution in [3.8, 4) is 11.3 Å². The Morgan fingerprint density at radius 2 is 1.68 bits per heavy atom. The van der Waals surface area contributed by atoms with Crippen LogP contribution in [-0.4, -0.2) is 12.0 Å². The Labute approximate surface area is 145 Å². The lowest BCUT2D eigenvalue weighted by Gasteiger charge is -2.21. The van der Waals surface area contributed by atoms with Crippen molar-refractivity contribution in [1.82, 2.24) is 4.98 Å². The number of nitrogens with zero attached hydrogens (tertiary/aromatic N) is 1. The Balaban J connectivity index is 2.78. The van der Waals surface area contributed by atoms with Gasteiger partial charge in [-0.05, 0) is 24.0 Å². The molecule has 2 aromatic rings. The van der Waals surface area contributed by atoms with Gasteiger partial charge in [0.1, 0.15) is 5.69 Å². The third-order valence-electron chi connectivity index (χ3n) is 4.04. The Morgan fingerprint density at radius 3 is 2.16 bits per heavy atom. The van der Waals surface area contributed by atoms with Gasteiger partial charge in [-0.15, -0.1) is 0 Å². The van der Waals surface area contributed by atoms with Crippen LogP contribution in [0.3, 0.4) is 0 Å². The van der Waals surface area contributed by atoms with Gasteiger partial charge in [0, 0.05) is 18.2 Å². The van der Waals surface area contributed by atoms with E-state index in [9.17, 15) is 13.2 Å². The molecule has 25 heavy (non-hydrogen) atoms. The first kappa shape index (κ1) is 19.2. The first-order valence-corrected chi connectivity index (χ1v) is 8.16. The fraction of sp³-hybridized carbons (Fsp3) is 0.421. The maximum absolute atomic E-state index is 15.1. The van der Waals surface area contributed by atoms with E-state index in [1.165, 1.54) is 12.1 Å². The highest BCUT2D eigenvalue weighted by atomic mass is 19.4. The van der Waals surface area contributed by atoms with Gasteiger partial charge in [-0.1, -0.05) is 39.8 Å². The van der Waals surface area contributed by atoms with Gasteiger partial charge in [0.25, 0.3) is 0 Å². The quantitative estimate of drug-likeness (QED) is 0.662. The van der Waals surface area contributed by atoms with Gasteiger partial charge in [-0.2, -0.15) is 13.2 Å². The van der Waals surface area contributed by atoms with E-state index >= 15 is 4.39 Å². The van der Waals surface area contributed by atoms with Gasteiger partial charge >= 0.3 is 6.18 Å². The minimum Gasteiger partial charge on any atom is -0.386 e. The van der Waals surface area contributed by atoms with Crippen molar-refractivity contribution >= 4 is 5.69 Å². The van der Waals surface area contributed by atoms with Crippen LogP contribution in [0.5, 0.6) is 0 Å². The molecule has 0 amide bonds. The molecule has 0 fully saturated rings. The normalized spacial score (nSPS) is 12.1. The van der Waals surface area contributed by atoms with Crippen LogP contribution in [-0.2, 0) is 6.18 Å². The van der Waals surface area contributed by atoms with Gasteiger partial charge in [-0.25, -0.2) is 9.37 Å². The van der Waals surface area contributed by atoms with Gasteiger partial charge in [0.2, 0.25) is 0 Å². The lowest BCUT2D eigenvalue weighted by molar-refractivity contribution is -0.137.